The normalized spacial score (nSPS) is 30.2. The first-order valence-electron chi connectivity index (χ1n) is 12.1. The van der Waals surface area contributed by atoms with Crippen molar-refractivity contribution in [2.45, 2.75) is 76.0 Å². The van der Waals surface area contributed by atoms with Gasteiger partial charge < -0.3 is 9.47 Å². The molecule has 168 valence electrons. The number of carbonyl (C=O) groups excluding carboxylic acids is 2. The molecule has 4 bridgehead atoms. The third-order valence-corrected chi connectivity index (χ3v) is 8.04. The number of rotatable bonds is 6. The highest BCUT2D eigenvalue weighted by molar-refractivity contribution is 5.72. The lowest BCUT2D eigenvalue weighted by Crippen LogP contribution is -2.55. The Bertz CT molecular complexity index is 911. The van der Waals surface area contributed by atoms with Crippen LogP contribution in [0.15, 0.2) is 48.5 Å². The van der Waals surface area contributed by atoms with Crippen molar-refractivity contribution < 1.29 is 19.1 Å². The van der Waals surface area contributed by atoms with E-state index in [1.165, 1.54) is 43.2 Å². The summed E-state index contributed by atoms with van der Waals surface area (Å²) in [6.07, 6.45) is 8.30. The number of carbonyl (C=O) groups is 2. The molecule has 0 spiro atoms. The fourth-order valence-electron chi connectivity index (χ4n) is 7.10. The second kappa shape index (κ2) is 8.06. The fourth-order valence-corrected chi connectivity index (χ4v) is 7.10. The second-order valence-electron chi connectivity index (χ2n) is 10.2. The maximum atomic E-state index is 11.6. The van der Waals surface area contributed by atoms with Crippen molar-refractivity contribution in [3.8, 4) is 11.5 Å². The highest BCUT2D eigenvalue weighted by Crippen LogP contribution is 2.66. The summed E-state index contributed by atoms with van der Waals surface area (Å²) in [5, 5.41) is 0. The Morgan fingerprint density at radius 2 is 1.09 bits per heavy atom. The van der Waals surface area contributed by atoms with Crippen LogP contribution in [0.5, 0.6) is 11.5 Å². The predicted molar refractivity (Wildman–Crippen MR) is 123 cm³/mol. The first-order valence-corrected chi connectivity index (χ1v) is 12.1. The van der Waals surface area contributed by atoms with Crippen LogP contribution in [0, 0.1) is 11.8 Å². The number of hydrogen-bond donors (Lipinski definition) is 0. The molecule has 4 nitrogen and oxygen atoms in total. The van der Waals surface area contributed by atoms with Crippen molar-refractivity contribution in [1.29, 1.82) is 0 Å². The van der Waals surface area contributed by atoms with Gasteiger partial charge in [-0.1, -0.05) is 38.1 Å². The van der Waals surface area contributed by atoms with Gasteiger partial charge in [0.15, 0.2) is 0 Å². The largest absolute Gasteiger partial charge is 0.427 e. The summed E-state index contributed by atoms with van der Waals surface area (Å²) >= 11 is 0. The van der Waals surface area contributed by atoms with Crippen LogP contribution in [-0.4, -0.2) is 11.9 Å². The van der Waals surface area contributed by atoms with E-state index in [2.05, 4.69) is 24.3 Å². The van der Waals surface area contributed by atoms with Gasteiger partial charge >= 0.3 is 11.9 Å². The lowest BCUT2D eigenvalue weighted by molar-refractivity contribution is -0.134. The average molecular weight is 433 g/mol. The molecule has 2 aromatic rings. The van der Waals surface area contributed by atoms with E-state index in [4.69, 9.17) is 9.47 Å². The summed E-state index contributed by atoms with van der Waals surface area (Å²) < 4.78 is 10.8. The van der Waals surface area contributed by atoms with Crippen LogP contribution in [0.4, 0.5) is 0 Å². The van der Waals surface area contributed by atoms with E-state index in [1.807, 2.05) is 38.1 Å². The molecule has 0 unspecified atom stereocenters. The van der Waals surface area contributed by atoms with E-state index in [1.54, 1.807) is 0 Å². The van der Waals surface area contributed by atoms with Gasteiger partial charge in [-0.2, -0.15) is 0 Å². The molecular formula is C28H32O4. The number of benzene rings is 2. The number of esters is 2. The Morgan fingerprint density at radius 3 is 1.44 bits per heavy atom. The van der Waals surface area contributed by atoms with Gasteiger partial charge in [-0.05, 0) is 96.6 Å². The molecule has 4 aliphatic carbocycles. The van der Waals surface area contributed by atoms with Crippen molar-refractivity contribution in [3.05, 3.63) is 59.7 Å². The van der Waals surface area contributed by atoms with Crippen molar-refractivity contribution >= 4 is 11.9 Å². The molecule has 0 aromatic heterocycles. The molecule has 4 aliphatic rings. The Balaban J connectivity index is 1.42. The van der Waals surface area contributed by atoms with Gasteiger partial charge in [0.1, 0.15) is 11.5 Å². The molecule has 4 saturated carbocycles. The summed E-state index contributed by atoms with van der Waals surface area (Å²) in [7, 11) is 0. The molecule has 6 rings (SSSR count). The first-order chi connectivity index (χ1) is 15.4. The van der Waals surface area contributed by atoms with Crippen LogP contribution in [0.3, 0.4) is 0 Å². The number of hydrogen-bond acceptors (Lipinski definition) is 4. The van der Waals surface area contributed by atoms with E-state index < -0.39 is 0 Å². The van der Waals surface area contributed by atoms with Gasteiger partial charge in [-0.25, -0.2) is 0 Å². The summed E-state index contributed by atoms with van der Waals surface area (Å²) in [4.78, 5) is 23.3. The molecule has 0 heterocycles. The molecule has 0 N–H and O–H groups in total. The Hall–Kier alpha value is -2.62. The van der Waals surface area contributed by atoms with Gasteiger partial charge in [0.2, 0.25) is 0 Å². The summed E-state index contributed by atoms with van der Waals surface area (Å²) in [5.74, 6) is 2.39. The molecule has 0 saturated heterocycles. The standard InChI is InChI=1S/C28H32O4/c1-3-25(29)31-23-9-5-21(6-10-23)27-14-19-13-20(15-27)17-28(16-19,18-27)22-7-11-24(12-8-22)32-26(30)4-2/h5-12,19-20H,3-4,13-18H2,1-2H3. The van der Waals surface area contributed by atoms with Crippen LogP contribution in [0.25, 0.3) is 0 Å². The molecular weight excluding hydrogens is 400 g/mol. The molecule has 0 amide bonds. The number of ether oxygens (including phenoxy) is 2. The van der Waals surface area contributed by atoms with E-state index in [-0.39, 0.29) is 22.8 Å². The molecule has 32 heavy (non-hydrogen) atoms. The lowest BCUT2D eigenvalue weighted by atomic mass is 9.42. The maximum absolute atomic E-state index is 11.6. The van der Waals surface area contributed by atoms with Crippen LogP contribution in [0.1, 0.15) is 76.3 Å². The van der Waals surface area contributed by atoms with E-state index in [0.29, 0.717) is 24.3 Å². The van der Waals surface area contributed by atoms with Crippen LogP contribution < -0.4 is 9.47 Å². The van der Waals surface area contributed by atoms with Crippen LogP contribution >= 0.6 is 0 Å². The van der Waals surface area contributed by atoms with Crippen LogP contribution in [-0.2, 0) is 20.4 Å². The molecule has 0 radical (unpaired) electrons. The Labute approximate surface area is 190 Å². The van der Waals surface area contributed by atoms with Gasteiger partial charge in [-0.3, -0.25) is 9.59 Å². The van der Waals surface area contributed by atoms with Crippen LogP contribution in [0.2, 0.25) is 0 Å². The minimum absolute atomic E-state index is 0.195. The lowest BCUT2D eigenvalue weighted by Gasteiger charge is -2.62. The fraction of sp³-hybridized carbons (Fsp3) is 0.500. The Morgan fingerprint density at radius 1 is 0.719 bits per heavy atom. The predicted octanol–water partition coefficient (Wildman–Crippen LogP) is 6.11. The minimum Gasteiger partial charge on any atom is -0.427 e. The van der Waals surface area contributed by atoms with Gasteiger partial charge in [0.05, 0.1) is 0 Å². The third kappa shape index (κ3) is 3.74. The average Bonchev–Trinajstić information content (AvgIpc) is 2.79. The molecule has 0 atom stereocenters. The quantitative estimate of drug-likeness (QED) is 0.408. The van der Waals surface area contributed by atoms with Gasteiger partial charge in [0.25, 0.3) is 0 Å². The highest BCUT2D eigenvalue weighted by atomic mass is 16.5. The second-order valence-corrected chi connectivity index (χ2v) is 10.2. The zero-order chi connectivity index (χ0) is 22.3. The van der Waals surface area contributed by atoms with Crippen molar-refractivity contribution in [3.63, 3.8) is 0 Å². The smallest absolute Gasteiger partial charge is 0.310 e. The monoisotopic (exact) mass is 432 g/mol. The molecule has 4 fully saturated rings. The summed E-state index contributed by atoms with van der Waals surface area (Å²) in [5.41, 5.74) is 3.18. The minimum atomic E-state index is -0.195. The zero-order valence-electron chi connectivity index (χ0n) is 19.1. The summed E-state index contributed by atoms with van der Waals surface area (Å²) in [6.45, 7) is 3.62. The van der Waals surface area contributed by atoms with E-state index >= 15 is 0 Å². The Kier molecular flexibility index (Phi) is 5.35. The summed E-state index contributed by atoms with van der Waals surface area (Å²) in [6, 6.07) is 16.6. The molecule has 2 aromatic carbocycles. The highest BCUT2D eigenvalue weighted by Gasteiger charge is 2.58. The van der Waals surface area contributed by atoms with Gasteiger partial charge in [0, 0.05) is 12.8 Å². The first kappa shape index (κ1) is 21.2. The maximum Gasteiger partial charge on any atom is 0.310 e. The van der Waals surface area contributed by atoms with Crippen molar-refractivity contribution in [2.24, 2.45) is 11.8 Å². The van der Waals surface area contributed by atoms with Crippen molar-refractivity contribution in [2.75, 3.05) is 0 Å². The SMILES string of the molecule is CCC(=O)Oc1ccc(C23CC4CC(C2)CC(c2ccc(OC(=O)CC)cc2)(C4)C3)cc1. The third-order valence-electron chi connectivity index (χ3n) is 8.04. The van der Waals surface area contributed by atoms with E-state index in [0.717, 1.165) is 18.3 Å². The van der Waals surface area contributed by atoms with Crippen molar-refractivity contribution in [1.82, 2.24) is 0 Å². The zero-order valence-corrected chi connectivity index (χ0v) is 19.1. The molecule has 4 heteroatoms. The topological polar surface area (TPSA) is 52.6 Å². The van der Waals surface area contributed by atoms with Gasteiger partial charge in [-0.15, -0.1) is 0 Å². The van der Waals surface area contributed by atoms with E-state index in [9.17, 15) is 9.59 Å². The molecule has 0 aliphatic heterocycles.